The number of allylic oxidation sites excluding steroid dienone is 3. The normalized spacial score (nSPS) is 11.2. The Morgan fingerprint density at radius 1 is 0.720 bits per heavy atom. The summed E-state index contributed by atoms with van der Waals surface area (Å²) in [5.41, 5.74) is 5.37. The van der Waals surface area contributed by atoms with Crippen molar-refractivity contribution in [1.29, 1.82) is 0 Å². The van der Waals surface area contributed by atoms with Crippen molar-refractivity contribution in [2.24, 2.45) is 0 Å². The van der Waals surface area contributed by atoms with Gasteiger partial charge in [-0.1, -0.05) is 103 Å². The van der Waals surface area contributed by atoms with Crippen LogP contribution in [-0.2, 0) is 0 Å². The molecule has 3 aromatic rings. The molecule has 0 N–H and O–H groups in total. The van der Waals surface area contributed by atoms with Crippen LogP contribution in [0.15, 0.2) is 97.1 Å². The van der Waals surface area contributed by atoms with Crippen LogP contribution in [0.2, 0.25) is 0 Å². The lowest BCUT2D eigenvalue weighted by Gasteiger charge is -2.01. The van der Waals surface area contributed by atoms with Gasteiger partial charge in [0, 0.05) is 5.56 Å². The fraction of sp³-hybridized carbons (Fsp3) is 0.0417. The number of carbonyl (C=O) groups is 1. The summed E-state index contributed by atoms with van der Waals surface area (Å²) in [4.78, 5) is 12.0. The predicted octanol–water partition coefficient (Wildman–Crippen LogP) is 6.11. The molecule has 1 nitrogen and oxygen atoms in total. The van der Waals surface area contributed by atoms with E-state index in [0.29, 0.717) is 5.56 Å². The third-order valence-corrected chi connectivity index (χ3v) is 4.00. The molecule has 0 aliphatic carbocycles. The van der Waals surface area contributed by atoms with Crippen LogP contribution in [0.3, 0.4) is 0 Å². The maximum atomic E-state index is 12.0. The van der Waals surface area contributed by atoms with Crippen molar-refractivity contribution >= 4 is 11.9 Å². The summed E-state index contributed by atoms with van der Waals surface area (Å²) in [6, 6.07) is 26.3. The van der Waals surface area contributed by atoms with E-state index in [2.05, 4.69) is 36.4 Å². The van der Waals surface area contributed by atoms with Gasteiger partial charge in [-0.3, -0.25) is 4.79 Å². The fourth-order valence-electron chi connectivity index (χ4n) is 2.54. The molecule has 0 radical (unpaired) electrons. The smallest absolute Gasteiger partial charge is 0.185 e. The zero-order chi connectivity index (χ0) is 17.5. The van der Waals surface area contributed by atoms with Crippen molar-refractivity contribution in [1.82, 2.24) is 0 Å². The second-order valence-corrected chi connectivity index (χ2v) is 5.94. The van der Waals surface area contributed by atoms with Crippen molar-refractivity contribution < 1.29 is 4.79 Å². The highest BCUT2D eigenvalue weighted by Crippen LogP contribution is 2.19. The molecule has 3 rings (SSSR count). The minimum absolute atomic E-state index is 0.0177. The van der Waals surface area contributed by atoms with Gasteiger partial charge in [0.25, 0.3) is 0 Å². The molecule has 0 aromatic heterocycles. The summed E-state index contributed by atoms with van der Waals surface area (Å²) < 4.78 is 0. The number of rotatable bonds is 5. The van der Waals surface area contributed by atoms with Gasteiger partial charge >= 0.3 is 0 Å². The van der Waals surface area contributed by atoms with E-state index in [4.69, 9.17) is 0 Å². The molecule has 0 saturated carbocycles. The summed E-state index contributed by atoms with van der Waals surface area (Å²) in [7, 11) is 0. The minimum Gasteiger partial charge on any atom is -0.289 e. The van der Waals surface area contributed by atoms with Gasteiger partial charge in [0.1, 0.15) is 0 Å². The van der Waals surface area contributed by atoms with Gasteiger partial charge in [0.2, 0.25) is 0 Å². The molecule has 0 heterocycles. The van der Waals surface area contributed by atoms with Gasteiger partial charge < -0.3 is 0 Å². The zero-order valence-electron chi connectivity index (χ0n) is 14.2. The molecule has 0 bridgehead atoms. The van der Waals surface area contributed by atoms with Crippen LogP contribution >= 0.6 is 0 Å². The first-order valence-corrected chi connectivity index (χ1v) is 8.33. The highest BCUT2D eigenvalue weighted by atomic mass is 16.1. The number of hydrogen-bond donors (Lipinski definition) is 0. The van der Waals surface area contributed by atoms with Gasteiger partial charge in [-0.2, -0.15) is 0 Å². The second kappa shape index (κ2) is 8.07. The lowest BCUT2D eigenvalue weighted by molar-refractivity contribution is 0.104. The first-order chi connectivity index (χ1) is 12.2. The van der Waals surface area contributed by atoms with Gasteiger partial charge in [-0.05, 0) is 29.7 Å². The number of carbonyl (C=O) groups excluding carboxylic acids is 1. The molecule has 122 valence electrons. The first-order valence-electron chi connectivity index (χ1n) is 8.33. The van der Waals surface area contributed by atoms with E-state index in [-0.39, 0.29) is 5.78 Å². The van der Waals surface area contributed by atoms with E-state index < -0.39 is 0 Å². The summed E-state index contributed by atoms with van der Waals surface area (Å²) in [5, 5.41) is 0. The number of aryl methyl sites for hydroxylation is 1. The molecule has 25 heavy (non-hydrogen) atoms. The largest absolute Gasteiger partial charge is 0.289 e. The topological polar surface area (TPSA) is 17.1 Å². The van der Waals surface area contributed by atoms with Crippen LogP contribution < -0.4 is 0 Å². The quantitative estimate of drug-likeness (QED) is 0.314. The lowest BCUT2D eigenvalue weighted by Crippen LogP contribution is -1.93. The highest BCUT2D eigenvalue weighted by molar-refractivity contribution is 6.04. The Labute approximate surface area is 149 Å². The third-order valence-electron chi connectivity index (χ3n) is 4.00. The first kappa shape index (κ1) is 16.7. The van der Waals surface area contributed by atoms with E-state index in [0.717, 1.165) is 11.1 Å². The summed E-state index contributed by atoms with van der Waals surface area (Å²) in [6.07, 6.45) is 7.27. The van der Waals surface area contributed by atoms with Gasteiger partial charge in [0.15, 0.2) is 5.78 Å². The molecule has 0 unspecified atom stereocenters. The van der Waals surface area contributed by atoms with E-state index in [1.807, 2.05) is 61.5 Å². The summed E-state index contributed by atoms with van der Waals surface area (Å²) >= 11 is 0. The average Bonchev–Trinajstić information content (AvgIpc) is 2.67. The van der Waals surface area contributed by atoms with Crippen molar-refractivity contribution in [3.63, 3.8) is 0 Å². The number of hydrogen-bond acceptors (Lipinski definition) is 1. The number of ketones is 1. The Balaban J connectivity index is 1.62. The van der Waals surface area contributed by atoms with E-state index in [1.54, 1.807) is 12.2 Å². The monoisotopic (exact) mass is 324 g/mol. The van der Waals surface area contributed by atoms with Crippen LogP contribution in [0, 0.1) is 6.92 Å². The van der Waals surface area contributed by atoms with Crippen LogP contribution in [0.1, 0.15) is 21.5 Å². The highest BCUT2D eigenvalue weighted by Gasteiger charge is 1.99. The molecule has 3 aromatic carbocycles. The number of benzene rings is 3. The molecule has 0 aliphatic rings. The van der Waals surface area contributed by atoms with Crippen LogP contribution in [0.5, 0.6) is 0 Å². The van der Waals surface area contributed by atoms with E-state index in [9.17, 15) is 4.79 Å². The Hall–Kier alpha value is -3.19. The average molecular weight is 324 g/mol. The Bertz CT molecular complexity index is 883. The molecule has 0 fully saturated rings. The summed E-state index contributed by atoms with van der Waals surface area (Å²) in [5.74, 6) is 0.0177. The van der Waals surface area contributed by atoms with Crippen molar-refractivity contribution in [3.05, 3.63) is 114 Å². The van der Waals surface area contributed by atoms with E-state index >= 15 is 0 Å². The molecule has 0 aliphatic heterocycles. The van der Waals surface area contributed by atoms with Crippen LogP contribution in [-0.4, -0.2) is 5.78 Å². The maximum Gasteiger partial charge on any atom is 0.185 e. The SMILES string of the molecule is Cc1ccc(C(=O)C=CC=Cc2ccc(-c3ccccc3)cc2)cc1. The van der Waals surface area contributed by atoms with E-state index in [1.165, 1.54) is 11.1 Å². The molecule has 0 saturated heterocycles. The summed E-state index contributed by atoms with van der Waals surface area (Å²) in [6.45, 7) is 2.01. The standard InChI is InChI=1S/C24H20O/c1-19-11-15-23(16-12-19)24(25)10-6-5-7-20-13-17-22(18-14-20)21-8-3-2-4-9-21/h2-18H,1H3. The molecule has 0 spiro atoms. The van der Waals surface area contributed by atoms with Gasteiger partial charge in [0.05, 0.1) is 0 Å². The molecule has 0 amide bonds. The predicted molar refractivity (Wildman–Crippen MR) is 106 cm³/mol. The van der Waals surface area contributed by atoms with Crippen molar-refractivity contribution in [2.45, 2.75) is 6.92 Å². The Morgan fingerprint density at radius 3 is 2.04 bits per heavy atom. The maximum absolute atomic E-state index is 12.0. The third kappa shape index (κ3) is 4.65. The Kier molecular flexibility index (Phi) is 5.38. The minimum atomic E-state index is 0.0177. The Morgan fingerprint density at radius 2 is 1.36 bits per heavy atom. The zero-order valence-corrected chi connectivity index (χ0v) is 14.2. The fourth-order valence-corrected chi connectivity index (χ4v) is 2.54. The second-order valence-electron chi connectivity index (χ2n) is 5.94. The van der Waals surface area contributed by atoms with Gasteiger partial charge in [-0.15, -0.1) is 0 Å². The van der Waals surface area contributed by atoms with Gasteiger partial charge in [-0.25, -0.2) is 0 Å². The molecular weight excluding hydrogens is 304 g/mol. The molecule has 0 atom stereocenters. The molecule has 1 heteroatoms. The lowest BCUT2D eigenvalue weighted by atomic mass is 10.0. The van der Waals surface area contributed by atoms with Crippen LogP contribution in [0.25, 0.3) is 17.2 Å². The molecular formula is C24H20O. The van der Waals surface area contributed by atoms with Crippen molar-refractivity contribution in [3.8, 4) is 11.1 Å². The van der Waals surface area contributed by atoms with Crippen molar-refractivity contribution in [2.75, 3.05) is 0 Å². The van der Waals surface area contributed by atoms with Crippen LogP contribution in [0.4, 0.5) is 0 Å².